The molecule has 96 valence electrons. The quantitative estimate of drug-likeness (QED) is 0.782. The standard InChI is InChI=1S/C17H16O2/c1-2-12-6-3-4-8-14(12)16(18)15-9-5-7-13-10-11-19-17(13)15/h3-9H,2,10-11H2,1H3. The number of fused-ring (bicyclic) bond motifs is 1. The van der Waals surface area contributed by atoms with Gasteiger partial charge >= 0.3 is 0 Å². The highest BCUT2D eigenvalue weighted by Crippen LogP contribution is 2.31. The van der Waals surface area contributed by atoms with Crippen LogP contribution in [0.3, 0.4) is 0 Å². The average molecular weight is 252 g/mol. The normalized spacial score (nSPS) is 12.9. The molecule has 0 aliphatic carbocycles. The van der Waals surface area contributed by atoms with E-state index < -0.39 is 0 Å². The summed E-state index contributed by atoms with van der Waals surface area (Å²) in [6, 6.07) is 13.6. The van der Waals surface area contributed by atoms with E-state index in [2.05, 4.69) is 6.92 Å². The third-order valence-corrected chi connectivity index (χ3v) is 3.60. The Labute approximate surface area is 113 Å². The van der Waals surface area contributed by atoms with Crippen molar-refractivity contribution in [2.75, 3.05) is 6.61 Å². The van der Waals surface area contributed by atoms with Crippen LogP contribution in [0, 0.1) is 0 Å². The fourth-order valence-electron chi connectivity index (χ4n) is 2.59. The van der Waals surface area contributed by atoms with E-state index >= 15 is 0 Å². The van der Waals surface area contributed by atoms with E-state index in [1.165, 1.54) is 0 Å². The smallest absolute Gasteiger partial charge is 0.197 e. The fourth-order valence-corrected chi connectivity index (χ4v) is 2.59. The third kappa shape index (κ3) is 2.03. The number of ether oxygens (including phenoxy) is 1. The lowest BCUT2D eigenvalue weighted by molar-refractivity contribution is 0.103. The number of hydrogen-bond acceptors (Lipinski definition) is 2. The van der Waals surface area contributed by atoms with Gasteiger partial charge in [-0.15, -0.1) is 0 Å². The van der Waals surface area contributed by atoms with Gasteiger partial charge in [-0.05, 0) is 23.6 Å². The summed E-state index contributed by atoms with van der Waals surface area (Å²) in [6.45, 7) is 2.74. The number of carbonyl (C=O) groups is 1. The molecule has 0 fully saturated rings. The van der Waals surface area contributed by atoms with E-state index in [9.17, 15) is 4.79 Å². The first-order valence-electron chi connectivity index (χ1n) is 6.68. The van der Waals surface area contributed by atoms with Crippen molar-refractivity contribution in [1.82, 2.24) is 0 Å². The molecule has 0 N–H and O–H groups in total. The van der Waals surface area contributed by atoms with Crippen LogP contribution in [-0.4, -0.2) is 12.4 Å². The minimum atomic E-state index is 0.0659. The molecular weight excluding hydrogens is 236 g/mol. The Morgan fingerprint density at radius 3 is 2.74 bits per heavy atom. The van der Waals surface area contributed by atoms with Crippen LogP contribution in [0.2, 0.25) is 0 Å². The first-order chi connectivity index (χ1) is 9.31. The predicted octanol–water partition coefficient (Wildman–Crippen LogP) is 3.41. The number of aryl methyl sites for hydroxylation is 1. The Morgan fingerprint density at radius 2 is 1.89 bits per heavy atom. The first-order valence-corrected chi connectivity index (χ1v) is 6.68. The van der Waals surface area contributed by atoms with Gasteiger partial charge in [0.1, 0.15) is 5.75 Å². The molecule has 1 aliphatic heterocycles. The van der Waals surface area contributed by atoms with Crippen molar-refractivity contribution in [1.29, 1.82) is 0 Å². The Kier molecular flexibility index (Phi) is 3.08. The van der Waals surface area contributed by atoms with E-state index in [4.69, 9.17) is 4.74 Å². The molecule has 0 saturated heterocycles. The van der Waals surface area contributed by atoms with Gasteiger partial charge in [0, 0.05) is 12.0 Å². The zero-order valence-electron chi connectivity index (χ0n) is 11.0. The van der Waals surface area contributed by atoms with Crippen LogP contribution in [0.25, 0.3) is 0 Å². The number of carbonyl (C=O) groups excluding carboxylic acids is 1. The summed E-state index contributed by atoms with van der Waals surface area (Å²) in [5.41, 5.74) is 3.70. The van der Waals surface area contributed by atoms with Gasteiger partial charge < -0.3 is 4.74 Å². The van der Waals surface area contributed by atoms with Gasteiger partial charge in [-0.25, -0.2) is 0 Å². The van der Waals surface area contributed by atoms with Crippen LogP contribution in [-0.2, 0) is 12.8 Å². The highest BCUT2D eigenvalue weighted by molar-refractivity contribution is 6.11. The molecule has 1 aliphatic rings. The molecule has 2 aromatic rings. The van der Waals surface area contributed by atoms with Crippen LogP contribution in [0.1, 0.15) is 34.0 Å². The predicted molar refractivity (Wildman–Crippen MR) is 74.9 cm³/mol. The second kappa shape index (κ2) is 4.88. The molecule has 0 saturated carbocycles. The van der Waals surface area contributed by atoms with Gasteiger partial charge in [0.25, 0.3) is 0 Å². The molecule has 0 atom stereocenters. The third-order valence-electron chi connectivity index (χ3n) is 3.60. The van der Waals surface area contributed by atoms with E-state index in [0.717, 1.165) is 35.3 Å². The topological polar surface area (TPSA) is 26.3 Å². The summed E-state index contributed by atoms with van der Waals surface area (Å²) in [7, 11) is 0. The molecule has 3 rings (SSSR count). The molecule has 0 amide bonds. The summed E-state index contributed by atoms with van der Waals surface area (Å²) >= 11 is 0. The van der Waals surface area contributed by atoms with E-state index in [1.807, 2.05) is 42.5 Å². The fraction of sp³-hybridized carbons (Fsp3) is 0.235. The molecule has 2 aromatic carbocycles. The Bertz CT molecular complexity index is 629. The maximum Gasteiger partial charge on any atom is 0.197 e. The molecule has 0 unspecified atom stereocenters. The summed E-state index contributed by atoms with van der Waals surface area (Å²) in [4.78, 5) is 12.7. The number of ketones is 1. The lowest BCUT2D eigenvalue weighted by Gasteiger charge is -2.10. The summed E-state index contributed by atoms with van der Waals surface area (Å²) < 4.78 is 5.62. The Hall–Kier alpha value is -2.09. The second-order valence-electron chi connectivity index (χ2n) is 4.73. The van der Waals surface area contributed by atoms with E-state index in [-0.39, 0.29) is 5.78 Å². The molecular formula is C17H16O2. The highest BCUT2D eigenvalue weighted by atomic mass is 16.5. The Balaban J connectivity index is 2.08. The van der Waals surface area contributed by atoms with Crippen molar-refractivity contribution in [3.05, 3.63) is 64.7 Å². The number of benzene rings is 2. The van der Waals surface area contributed by atoms with Gasteiger partial charge in [0.2, 0.25) is 0 Å². The molecule has 1 heterocycles. The van der Waals surface area contributed by atoms with E-state index in [1.54, 1.807) is 0 Å². The van der Waals surface area contributed by atoms with Crippen LogP contribution in [0.5, 0.6) is 5.75 Å². The van der Waals surface area contributed by atoms with E-state index in [0.29, 0.717) is 12.2 Å². The molecule has 0 aromatic heterocycles. The maximum absolute atomic E-state index is 12.7. The SMILES string of the molecule is CCc1ccccc1C(=O)c1cccc2c1OCC2. The molecule has 2 nitrogen and oxygen atoms in total. The minimum absolute atomic E-state index is 0.0659. The van der Waals surface area contributed by atoms with Crippen molar-refractivity contribution in [2.45, 2.75) is 19.8 Å². The number of rotatable bonds is 3. The van der Waals surface area contributed by atoms with Gasteiger partial charge in [-0.2, -0.15) is 0 Å². The molecule has 2 heteroatoms. The largest absolute Gasteiger partial charge is 0.492 e. The minimum Gasteiger partial charge on any atom is -0.492 e. The Morgan fingerprint density at radius 1 is 1.11 bits per heavy atom. The van der Waals surface area contributed by atoms with Crippen molar-refractivity contribution in [3.63, 3.8) is 0 Å². The lowest BCUT2D eigenvalue weighted by atomic mass is 9.95. The monoisotopic (exact) mass is 252 g/mol. The molecule has 0 spiro atoms. The first kappa shape index (κ1) is 12.0. The molecule has 0 bridgehead atoms. The van der Waals surface area contributed by atoms with Crippen LogP contribution < -0.4 is 4.74 Å². The van der Waals surface area contributed by atoms with Crippen molar-refractivity contribution < 1.29 is 9.53 Å². The summed E-state index contributed by atoms with van der Waals surface area (Å²) in [5, 5.41) is 0. The van der Waals surface area contributed by atoms with Gasteiger partial charge in [0.15, 0.2) is 5.78 Å². The highest BCUT2D eigenvalue weighted by Gasteiger charge is 2.22. The molecule has 19 heavy (non-hydrogen) atoms. The summed E-state index contributed by atoms with van der Waals surface area (Å²) in [5.74, 6) is 0.842. The average Bonchev–Trinajstić information content (AvgIpc) is 2.94. The lowest BCUT2D eigenvalue weighted by Crippen LogP contribution is -2.06. The zero-order chi connectivity index (χ0) is 13.2. The maximum atomic E-state index is 12.7. The van der Waals surface area contributed by atoms with Gasteiger partial charge in [0.05, 0.1) is 12.2 Å². The van der Waals surface area contributed by atoms with Gasteiger partial charge in [-0.1, -0.05) is 43.3 Å². The van der Waals surface area contributed by atoms with Crippen LogP contribution in [0.4, 0.5) is 0 Å². The summed E-state index contributed by atoms with van der Waals surface area (Å²) in [6.07, 6.45) is 1.75. The second-order valence-corrected chi connectivity index (χ2v) is 4.73. The number of hydrogen-bond donors (Lipinski definition) is 0. The number of para-hydroxylation sites is 1. The van der Waals surface area contributed by atoms with Crippen LogP contribution in [0.15, 0.2) is 42.5 Å². The molecule has 0 radical (unpaired) electrons. The van der Waals surface area contributed by atoms with Crippen molar-refractivity contribution in [2.24, 2.45) is 0 Å². The van der Waals surface area contributed by atoms with Crippen molar-refractivity contribution in [3.8, 4) is 5.75 Å². The zero-order valence-corrected chi connectivity index (χ0v) is 11.0. The van der Waals surface area contributed by atoms with Crippen molar-refractivity contribution >= 4 is 5.78 Å². The van der Waals surface area contributed by atoms with Crippen LogP contribution >= 0.6 is 0 Å². The van der Waals surface area contributed by atoms with Gasteiger partial charge in [-0.3, -0.25) is 4.79 Å².